The average Bonchev–Trinajstić information content (AvgIpc) is 3.12. The van der Waals surface area contributed by atoms with Gasteiger partial charge in [-0.3, -0.25) is 9.10 Å². The number of carbonyl (C=O) groups is 1. The van der Waals surface area contributed by atoms with Crippen LogP contribution in [-0.2, 0) is 14.8 Å². The molecule has 0 unspecified atom stereocenters. The number of carbonyl (C=O) groups excluding carboxylic acids is 1. The van der Waals surface area contributed by atoms with Crippen LogP contribution in [0.5, 0.6) is 0 Å². The summed E-state index contributed by atoms with van der Waals surface area (Å²) in [5.74, 6) is -0.0642. The van der Waals surface area contributed by atoms with Gasteiger partial charge in [-0.05, 0) is 67.7 Å². The molecular formula is C23H26ClN3O3S. The molecule has 2 aliphatic rings. The second kappa shape index (κ2) is 9.32. The van der Waals surface area contributed by atoms with Crippen molar-refractivity contribution in [3.05, 3.63) is 59.1 Å². The summed E-state index contributed by atoms with van der Waals surface area (Å²) < 4.78 is 25.5. The molecule has 0 aliphatic carbocycles. The molecule has 0 atom stereocenters. The van der Waals surface area contributed by atoms with Crippen LogP contribution in [0.4, 0.5) is 17.1 Å². The van der Waals surface area contributed by atoms with E-state index >= 15 is 0 Å². The Hall–Kier alpha value is -2.51. The van der Waals surface area contributed by atoms with Gasteiger partial charge in [0.05, 0.1) is 22.2 Å². The van der Waals surface area contributed by atoms with Gasteiger partial charge in [0.2, 0.25) is 15.9 Å². The van der Waals surface area contributed by atoms with Gasteiger partial charge in [0.25, 0.3) is 0 Å². The number of nitrogens with zero attached hydrogens (tertiary/aromatic N) is 2. The summed E-state index contributed by atoms with van der Waals surface area (Å²) in [5.41, 5.74) is 3.13. The van der Waals surface area contributed by atoms with Crippen molar-refractivity contribution < 1.29 is 13.2 Å². The third-order valence-electron chi connectivity index (χ3n) is 5.62. The van der Waals surface area contributed by atoms with E-state index in [1.807, 2.05) is 12.1 Å². The first-order chi connectivity index (χ1) is 14.9. The minimum atomic E-state index is -3.19. The van der Waals surface area contributed by atoms with E-state index in [4.69, 9.17) is 11.6 Å². The molecule has 0 spiro atoms. The Morgan fingerprint density at radius 1 is 0.968 bits per heavy atom. The van der Waals surface area contributed by atoms with Crippen LogP contribution < -0.4 is 14.5 Å². The van der Waals surface area contributed by atoms with Crippen LogP contribution >= 0.6 is 11.6 Å². The number of nitrogens with one attached hydrogen (secondary N) is 1. The fourth-order valence-corrected chi connectivity index (χ4v) is 5.88. The highest BCUT2D eigenvalue weighted by atomic mass is 35.5. The number of rotatable bonds is 5. The molecule has 8 heteroatoms. The number of sulfonamides is 1. The van der Waals surface area contributed by atoms with E-state index in [-0.39, 0.29) is 11.7 Å². The van der Waals surface area contributed by atoms with Gasteiger partial charge in [0.1, 0.15) is 0 Å². The minimum absolute atomic E-state index is 0.192. The van der Waals surface area contributed by atoms with E-state index in [2.05, 4.69) is 10.2 Å². The maximum absolute atomic E-state index is 12.3. The van der Waals surface area contributed by atoms with E-state index < -0.39 is 10.0 Å². The molecule has 0 aromatic heterocycles. The number of piperidine rings is 1. The Morgan fingerprint density at radius 2 is 1.71 bits per heavy atom. The van der Waals surface area contributed by atoms with Crippen LogP contribution in [0.15, 0.2) is 48.5 Å². The molecule has 2 aromatic carbocycles. The third kappa shape index (κ3) is 5.22. The molecule has 31 heavy (non-hydrogen) atoms. The lowest BCUT2D eigenvalue weighted by Gasteiger charge is -2.29. The fourth-order valence-electron chi connectivity index (χ4n) is 4.01. The van der Waals surface area contributed by atoms with Crippen molar-refractivity contribution in [2.45, 2.75) is 25.7 Å². The first-order valence-corrected chi connectivity index (χ1v) is 12.6. The Morgan fingerprint density at radius 3 is 2.35 bits per heavy atom. The molecule has 0 radical (unpaired) electrons. The van der Waals surface area contributed by atoms with Crippen LogP contribution in [0.25, 0.3) is 6.08 Å². The Kier molecular flexibility index (Phi) is 6.53. The first kappa shape index (κ1) is 21.7. The van der Waals surface area contributed by atoms with Gasteiger partial charge in [-0.15, -0.1) is 0 Å². The minimum Gasteiger partial charge on any atom is -0.370 e. The van der Waals surface area contributed by atoms with Crippen LogP contribution in [0.3, 0.4) is 0 Å². The molecule has 6 nitrogen and oxygen atoms in total. The van der Waals surface area contributed by atoms with Crippen molar-refractivity contribution in [3.63, 3.8) is 0 Å². The van der Waals surface area contributed by atoms with Crippen molar-refractivity contribution in [2.24, 2.45) is 0 Å². The SMILES string of the molecule is O=C(/C=C/c1ccc(N2CCCS2(=O)=O)cc1)Nc1ccc(N2CCCCC2)c(Cl)c1. The Labute approximate surface area is 188 Å². The number of hydrogen-bond donors (Lipinski definition) is 1. The van der Waals surface area contributed by atoms with E-state index in [9.17, 15) is 13.2 Å². The molecule has 2 fully saturated rings. The van der Waals surface area contributed by atoms with Gasteiger partial charge in [-0.1, -0.05) is 23.7 Å². The van der Waals surface area contributed by atoms with Crippen molar-refractivity contribution in [3.8, 4) is 0 Å². The smallest absolute Gasteiger partial charge is 0.248 e. The molecule has 2 heterocycles. The number of amides is 1. The molecule has 0 bridgehead atoms. The van der Waals surface area contributed by atoms with E-state index in [1.54, 1.807) is 36.4 Å². The summed E-state index contributed by atoms with van der Waals surface area (Å²) in [6.07, 6.45) is 7.40. The third-order valence-corrected chi connectivity index (χ3v) is 7.79. The molecule has 4 rings (SSSR count). The molecule has 1 amide bonds. The van der Waals surface area contributed by atoms with Crippen molar-refractivity contribution in [1.82, 2.24) is 0 Å². The zero-order chi connectivity index (χ0) is 21.8. The average molecular weight is 460 g/mol. The predicted molar refractivity (Wildman–Crippen MR) is 127 cm³/mol. The highest BCUT2D eigenvalue weighted by Gasteiger charge is 2.28. The predicted octanol–water partition coefficient (Wildman–Crippen LogP) is 4.52. The summed E-state index contributed by atoms with van der Waals surface area (Å²) in [6.45, 7) is 2.53. The topological polar surface area (TPSA) is 69.7 Å². The second-order valence-corrected chi connectivity index (χ2v) is 10.3. The van der Waals surface area contributed by atoms with Crippen LogP contribution in [0, 0.1) is 0 Å². The Balaban J connectivity index is 1.36. The summed E-state index contributed by atoms with van der Waals surface area (Å²) in [4.78, 5) is 14.6. The molecule has 164 valence electrons. The zero-order valence-electron chi connectivity index (χ0n) is 17.3. The lowest BCUT2D eigenvalue weighted by molar-refractivity contribution is -0.111. The van der Waals surface area contributed by atoms with Gasteiger partial charge in [-0.25, -0.2) is 8.42 Å². The molecule has 0 saturated carbocycles. The van der Waals surface area contributed by atoms with E-state index in [0.29, 0.717) is 29.4 Å². The number of halogens is 1. The normalized spacial score (nSPS) is 18.5. The van der Waals surface area contributed by atoms with Crippen LogP contribution in [0.1, 0.15) is 31.2 Å². The molecule has 2 aliphatic heterocycles. The lowest BCUT2D eigenvalue weighted by atomic mass is 10.1. The maximum Gasteiger partial charge on any atom is 0.248 e. The van der Waals surface area contributed by atoms with Crippen LogP contribution in [0.2, 0.25) is 5.02 Å². The largest absolute Gasteiger partial charge is 0.370 e. The van der Waals surface area contributed by atoms with Gasteiger partial charge in [0.15, 0.2) is 0 Å². The summed E-state index contributed by atoms with van der Waals surface area (Å²) >= 11 is 6.45. The number of benzene rings is 2. The molecule has 1 N–H and O–H groups in total. The van der Waals surface area contributed by atoms with Gasteiger partial charge >= 0.3 is 0 Å². The Bertz CT molecular complexity index is 1080. The quantitative estimate of drug-likeness (QED) is 0.667. The van der Waals surface area contributed by atoms with Gasteiger partial charge < -0.3 is 10.2 Å². The molecular weight excluding hydrogens is 434 g/mol. The summed E-state index contributed by atoms with van der Waals surface area (Å²) in [7, 11) is -3.19. The monoisotopic (exact) mass is 459 g/mol. The second-order valence-electron chi connectivity index (χ2n) is 7.87. The highest BCUT2D eigenvalue weighted by Crippen LogP contribution is 2.31. The molecule has 2 saturated heterocycles. The van der Waals surface area contributed by atoms with E-state index in [0.717, 1.165) is 24.3 Å². The van der Waals surface area contributed by atoms with E-state index in [1.165, 1.54) is 29.6 Å². The number of anilines is 3. The maximum atomic E-state index is 12.3. The fraction of sp³-hybridized carbons (Fsp3) is 0.348. The first-order valence-electron chi connectivity index (χ1n) is 10.6. The number of hydrogen-bond acceptors (Lipinski definition) is 4. The zero-order valence-corrected chi connectivity index (χ0v) is 18.8. The summed E-state index contributed by atoms with van der Waals surface area (Å²) in [6, 6.07) is 12.7. The molecule has 2 aromatic rings. The van der Waals surface area contributed by atoms with Crippen LogP contribution in [-0.4, -0.2) is 39.7 Å². The van der Waals surface area contributed by atoms with Crippen molar-refractivity contribution in [2.75, 3.05) is 39.9 Å². The lowest BCUT2D eigenvalue weighted by Crippen LogP contribution is -2.29. The van der Waals surface area contributed by atoms with Gasteiger partial charge in [-0.2, -0.15) is 0 Å². The highest BCUT2D eigenvalue weighted by molar-refractivity contribution is 7.93. The summed E-state index contributed by atoms with van der Waals surface area (Å²) in [5, 5.41) is 3.47. The van der Waals surface area contributed by atoms with Gasteiger partial charge in [0, 0.05) is 31.4 Å². The van der Waals surface area contributed by atoms with Crippen molar-refractivity contribution in [1.29, 1.82) is 0 Å². The standard InChI is InChI=1S/C23H26ClN3O3S/c24-21-17-19(8-11-22(21)26-13-2-1-3-14-26)25-23(28)12-7-18-5-9-20(10-6-18)27-15-4-16-31(27,29)30/h5-12,17H,1-4,13-16H2,(H,25,28)/b12-7+. The van der Waals surface area contributed by atoms with Crippen molar-refractivity contribution >= 4 is 50.7 Å².